The molecule has 4 heteroatoms. The van der Waals surface area contributed by atoms with Crippen LogP contribution in [0.5, 0.6) is 5.75 Å². The van der Waals surface area contributed by atoms with Crippen molar-refractivity contribution in [2.45, 2.75) is 0 Å². The number of benzene rings is 1. The van der Waals surface area contributed by atoms with Crippen LogP contribution in [0.25, 0.3) is 0 Å². The van der Waals surface area contributed by atoms with Gasteiger partial charge in [0.15, 0.2) is 11.6 Å². The summed E-state index contributed by atoms with van der Waals surface area (Å²) in [6, 6.07) is 1.71. The van der Waals surface area contributed by atoms with Crippen molar-refractivity contribution in [3.05, 3.63) is 23.8 Å². The third kappa shape index (κ3) is 2.09. The number of nitrogens with two attached hydrogens (primary N) is 1. The lowest BCUT2D eigenvalue weighted by Gasteiger charge is -2.04. The van der Waals surface area contributed by atoms with Crippen molar-refractivity contribution in [3.8, 4) is 18.1 Å². The van der Waals surface area contributed by atoms with E-state index in [0.717, 1.165) is 6.07 Å². The fourth-order valence-electron chi connectivity index (χ4n) is 0.775. The number of hydrogen-bond donors (Lipinski definition) is 1. The van der Waals surface area contributed by atoms with Gasteiger partial charge in [0, 0.05) is 12.1 Å². The van der Waals surface area contributed by atoms with Crippen LogP contribution in [0.1, 0.15) is 0 Å². The predicted molar refractivity (Wildman–Crippen MR) is 45.1 cm³/mol. The first kappa shape index (κ1) is 9.33. The number of ether oxygens (including phenoxy) is 1. The molecule has 1 aromatic rings. The maximum absolute atomic E-state index is 12.9. The molecule has 13 heavy (non-hydrogen) atoms. The molecule has 0 radical (unpaired) electrons. The number of terminal acetylenes is 1. The maximum atomic E-state index is 12.9. The van der Waals surface area contributed by atoms with Crippen molar-refractivity contribution in [1.82, 2.24) is 0 Å². The van der Waals surface area contributed by atoms with Crippen molar-refractivity contribution in [2.24, 2.45) is 0 Å². The zero-order valence-corrected chi connectivity index (χ0v) is 6.68. The molecule has 0 saturated heterocycles. The Kier molecular flexibility index (Phi) is 2.70. The highest BCUT2D eigenvalue weighted by Crippen LogP contribution is 2.22. The van der Waals surface area contributed by atoms with E-state index in [1.54, 1.807) is 0 Å². The molecule has 0 atom stereocenters. The van der Waals surface area contributed by atoms with E-state index in [2.05, 4.69) is 5.92 Å². The van der Waals surface area contributed by atoms with Crippen molar-refractivity contribution in [3.63, 3.8) is 0 Å². The molecule has 0 fully saturated rings. The highest BCUT2D eigenvalue weighted by molar-refractivity contribution is 5.46. The van der Waals surface area contributed by atoms with Crippen LogP contribution in [-0.2, 0) is 0 Å². The van der Waals surface area contributed by atoms with E-state index in [-0.39, 0.29) is 18.0 Å². The first-order valence-corrected chi connectivity index (χ1v) is 3.46. The zero-order chi connectivity index (χ0) is 9.84. The van der Waals surface area contributed by atoms with E-state index in [0.29, 0.717) is 6.07 Å². The van der Waals surface area contributed by atoms with Gasteiger partial charge in [0.1, 0.15) is 12.4 Å². The van der Waals surface area contributed by atoms with Gasteiger partial charge in [-0.2, -0.15) is 0 Å². The molecule has 68 valence electrons. The maximum Gasteiger partial charge on any atom is 0.168 e. The van der Waals surface area contributed by atoms with Crippen LogP contribution in [0.2, 0.25) is 0 Å². The molecule has 2 N–H and O–H groups in total. The van der Waals surface area contributed by atoms with Crippen molar-refractivity contribution in [1.29, 1.82) is 0 Å². The molecule has 1 aromatic carbocycles. The molecule has 0 aromatic heterocycles. The van der Waals surface area contributed by atoms with Crippen LogP contribution >= 0.6 is 0 Å². The van der Waals surface area contributed by atoms with E-state index in [1.165, 1.54) is 0 Å². The lowest BCUT2D eigenvalue weighted by molar-refractivity contribution is 0.347. The normalized spacial score (nSPS) is 9.31. The number of halogens is 2. The second-order valence-corrected chi connectivity index (χ2v) is 2.30. The Hall–Kier alpha value is -1.76. The topological polar surface area (TPSA) is 35.2 Å². The summed E-state index contributed by atoms with van der Waals surface area (Å²) < 4.78 is 30.2. The minimum absolute atomic E-state index is 0.0814. The van der Waals surface area contributed by atoms with Crippen molar-refractivity contribution >= 4 is 5.69 Å². The average Bonchev–Trinajstić information content (AvgIpc) is 2.09. The summed E-state index contributed by atoms with van der Waals surface area (Å²) in [4.78, 5) is 0. The van der Waals surface area contributed by atoms with Gasteiger partial charge >= 0.3 is 0 Å². The van der Waals surface area contributed by atoms with Gasteiger partial charge in [0.05, 0.1) is 5.69 Å². The number of rotatable bonds is 2. The third-order valence-corrected chi connectivity index (χ3v) is 1.36. The fraction of sp³-hybridized carbons (Fsp3) is 0.111. The largest absolute Gasteiger partial charge is 0.478 e. The Bertz CT molecular complexity index is 357. The molecule has 2 nitrogen and oxygen atoms in total. The number of hydrogen-bond acceptors (Lipinski definition) is 2. The van der Waals surface area contributed by atoms with E-state index >= 15 is 0 Å². The zero-order valence-electron chi connectivity index (χ0n) is 6.68. The van der Waals surface area contributed by atoms with E-state index in [1.807, 2.05) is 0 Å². The van der Waals surface area contributed by atoms with Crippen molar-refractivity contribution in [2.75, 3.05) is 12.3 Å². The highest BCUT2D eigenvalue weighted by atomic mass is 19.1. The quantitative estimate of drug-likeness (QED) is 0.557. The Morgan fingerprint density at radius 1 is 1.38 bits per heavy atom. The van der Waals surface area contributed by atoms with Gasteiger partial charge in [0.25, 0.3) is 0 Å². The predicted octanol–water partition coefficient (Wildman–Crippen LogP) is 1.56. The van der Waals surface area contributed by atoms with E-state index < -0.39 is 11.6 Å². The van der Waals surface area contributed by atoms with E-state index in [4.69, 9.17) is 16.9 Å². The van der Waals surface area contributed by atoms with Crippen molar-refractivity contribution < 1.29 is 13.5 Å². The Balaban J connectivity index is 2.96. The lowest BCUT2D eigenvalue weighted by atomic mass is 10.3. The molecular formula is C9H7F2NO. The first-order chi connectivity index (χ1) is 6.15. The molecule has 0 aliphatic carbocycles. The second kappa shape index (κ2) is 3.76. The van der Waals surface area contributed by atoms with Crippen LogP contribution in [-0.4, -0.2) is 6.61 Å². The van der Waals surface area contributed by atoms with Gasteiger partial charge in [0.2, 0.25) is 0 Å². The number of anilines is 1. The molecule has 0 saturated carbocycles. The molecule has 0 spiro atoms. The van der Waals surface area contributed by atoms with Gasteiger partial charge < -0.3 is 10.5 Å². The summed E-state index contributed by atoms with van der Waals surface area (Å²) >= 11 is 0. The standard InChI is InChI=1S/C9H7F2NO/c1-2-3-13-9-5-8(12)6(10)4-7(9)11/h1,4-5H,3,12H2. The summed E-state index contributed by atoms with van der Waals surface area (Å²) in [7, 11) is 0. The minimum Gasteiger partial charge on any atom is -0.478 e. The Labute approximate surface area is 74.3 Å². The van der Waals surface area contributed by atoms with Gasteiger partial charge in [-0.15, -0.1) is 6.42 Å². The molecule has 0 bridgehead atoms. The summed E-state index contributed by atoms with van der Waals surface area (Å²) in [6.45, 7) is -0.0814. The molecule has 0 unspecified atom stereocenters. The molecule has 0 amide bonds. The molecular weight excluding hydrogens is 176 g/mol. The highest BCUT2D eigenvalue weighted by Gasteiger charge is 2.07. The minimum atomic E-state index is -0.818. The molecule has 0 aliphatic heterocycles. The van der Waals surface area contributed by atoms with Crippen LogP contribution in [0.3, 0.4) is 0 Å². The lowest BCUT2D eigenvalue weighted by Crippen LogP contribution is -1.99. The summed E-state index contributed by atoms with van der Waals surface area (Å²) in [6.07, 6.45) is 4.89. The second-order valence-electron chi connectivity index (χ2n) is 2.30. The van der Waals surface area contributed by atoms with Gasteiger partial charge in [-0.1, -0.05) is 5.92 Å². The average molecular weight is 183 g/mol. The van der Waals surface area contributed by atoms with Gasteiger partial charge in [-0.05, 0) is 0 Å². The number of nitrogen functional groups attached to an aromatic ring is 1. The molecule has 0 aliphatic rings. The fourth-order valence-corrected chi connectivity index (χ4v) is 0.775. The Morgan fingerprint density at radius 2 is 2.08 bits per heavy atom. The monoisotopic (exact) mass is 183 g/mol. The van der Waals surface area contributed by atoms with Crippen LogP contribution in [0, 0.1) is 24.0 Å². The summed E-state index contributed by atoms with van der Waals surface area (Å²) in [5.41, 5.74) is 5.02. The third-order valence-electron chi connectivity index (χ3n) is 1.36. The molecule has 0 heterocycles. The SMILES string of the molecule is C#CCOc1cc(N)c(F)cc1F. The smallest absolute Gasteiger partial charge is 0.168 e. The van der Waals surface area contributed by atoms with Gasteiger partial charge in [-0.3, -0.25) is 0 Å². The van der Waals surface area contributed by atoms with E-state index in [9.17, 15) is 8.78 Å². The Morgan fingerprint density at radius 3 is 2.69 bits per heavy atom. The van der Waals surface area contributed by atoms with Crippen LogP contribution in [0.4, 0.5) is 14.5 Å². The molecule has 1 rings (SSSR count). The van der Waals surface area contributed by atoms with Crippen LogP contribution in [0.15, 0.2) is 12.1 Å². The van der Waals surface area contributed by atoms with Crippen LogP contribution < -0.4 is 10.5 Å². The first-order valence-electron chi connectivity index (χ1n) is 3.46. The summed E-state index contributed by atoms with van der Waals surface area (Å²) in [5.74, 6) is 0.380. The van der Waals surface area contributed by atoms with Gasteiger partial charge in [-0.25, -0.2) is 8.78 Å². The summed E-state index contributed by atoms with van der Waals surface area (Å²) in [5, 5.41) is 0.